The van der Waals surface area contributed by atoms with Gasteiger partial charge in [0.15, 0.2) is 9.84 Å². The Morgan fingerprint density at radius 1 is 1.25 bits per heavy atom. The van der Waals surface area contributed by atoms with Crippen LogP contribution in [-0.2, 0) is 14.6 Å². The molecule has 0 saturated carbocycles. The second-order valence-corrected chi connectivity index (χ2v) is 7.75. The number of aryl methyl sites for hydroxylation is 1. The summed E-state index contributed by atoms with van der Waals surface area (Å²) in [7, 11) is -3.35. The van der Waals surface area contributed by atoms with Gasteiger partial charge in [-0.3, -0.25) is 0 Å². The minimum atomic E-state index is -3.35. The molecule has 20 heavy (non-hydrogen) atoms. The zero-order valence-corrected chi connectivity index (χ0v) is 13.3. The maximum absolute atomic E-state index is 12.2. The molecular weight excluding hydrogens is 272 g/mol. The van der Waals surface area contributed by atoms with Crippen molar-refractivity contribution in [3.8, 4) is 0 Å². The topological polar surface area (TPSA) is 43.4 Å². The molecule has 4 heteroatoms. The van der Waals surface area contributed by atoms with Gasteiger partial charge in [0.1, 0.15) is 0 Å². The number of sulfone groups is 1. The molecule has 0 N–H and O–H groups in total. The van der Waals surface area contributed by atoms with Crippen LogP contribution in [0.5, 0.6) is 0 Å². The quantitative estimate of drug-likeness (QED) is 0.615. The van der Waals surface area contributed by atoms with Crippen LogP contribution in [0.3, 0.4) is 0 Å². The molecule has 1 aromatic carbocycles. The average molecular weight is 294 g/mol. The van der Waals surface area contributed by atoms with E-state index < -0.39 is 9.84 Å². The van der Waals surface area contributed by atoms with Crippen LogP contribution in [0.25, 0.3) is 0 Å². The molecule has 0 spiro atoms. The first-order valence-electron chi connectivity index (χ1n) is 6.42. The Kier molecular flexibility index (Phi) is 5.17. The predicted molar refractivity (Wildman–Crippen MR) is 82.3 cm³/mol. The molecule has 0 unspecified atom stereocenters. The van der Waals surface area contributed by atoms with E-state index in [1.807, 2.05) is 27.7 Å². The molecule has 1 rings (SSSR count). The fourth-order valence-electron chi connectivity index (χ4n) is 1.46. The third-order valence-electron chi connectivity index (χ3n) is 2.48. The molecule has 3 nitrogen and oxygen atoms in total. The van der Waals surface area contributed by atoms with Crippen LogP contribution < -0.4 is 0 Å². The molecule has 0 aromatic heterocycles. The molecule has 0 aliphatic heterocycles. The first-order chi connectivity index (χ1) is 9.10. The van der Waals surface area contributed by atoms with Crippen molar-refractivity contribution in [3.05, 3.63) is 54.3 Å². The van der Waals surface area contributed by atoms with Gasteiger partial charge in [0.05, 0.1) is 22.5 Å². The van der Waals surface area contributed by atoms with E-state index in [0.29, 0.717) is 10.5 Å². The predicted octanol–water partition coefficient (Wildman–Crippen LogP) is 3.65. The Balaban J connectivity index is 2.72. The van der Waals surface area contributed by atoms with Crippen molar-refractivity contribution in [1.29, 1.82) is 0 Å². The molecule has 0 bridgehead atoms. The van der Waals surface area contributed by atoms with E-state index in [9.17, 15) is 8.42 Å². The van der Waals surface area contributed by atoms with Crippen molar-refractivity contribution in [2.24, 2.45) is 0 Å². The van der Waals surface area contributed by atoms with Gasteiger partial charge in [-0.25, -0.2) is 8.42 Å². The number of ether oxygens (including phenoxy) is 1. The zero-order valence-electron chi connectivity index (χ0n) is 12.5. The fourth-order valence-corrected chi connectivity index (χ4v) is 2.76. The van der Waals surface area contributed by atoms with E-state index >= 15 is 0 Å². The highest BCUT2D eigenvalue weighted by atomic mass is 32.2. The third-order valence-corrected chi connectivity index (χ3v) is 4.22. The molecular formula is C16H22O3S. The molecule has 0 atom stereocenters. The Bertz CT molecular complexity index is 588. The summed E-state index contributed by atoms with van der Waals surface area (Å²) in [5.74, 6) is -0.111. The summed E-state index contributed by atoms with van der Waals surface area (Å²) in [5.41, 5.74) is 1.23. The molecule has 0 aliphatic carbocycles. The largest absolute Gasteiger partial charge is 0.496 e. The molecule has 0 amide bonds. The summed E-state index contributed by atoms with van der Waals surface area (Å²) in [6.45, 7) is 11.4. The third kappa shape index (κ3) is 5.61. The summed E-state index contributed by atoms with van der Waals surface area (Å²) in [4.78, 5) is 0.314. The molecule has 0 radical (unpaired) electrons. The summed E-state index contributed by atoms with van der Waals surface area (Å²) in [6, 6.07) is 6.81. The lowest BCUT2D eigenvalue weighted by atomic mass is 10.2. The monoisotopic (exact) mass is 294 g/mol. The minimum Gasteiger partial charge on any atom is -0.496 e. The lowest BCUT2D eigenvalue weighted by molar-refractivity contribution is 0.0767. The van der Waals surface area contributed by atoms with Crippen LogP contribution in [-0.4, -0.2) is 19.8 Å². The summed E-state index contributed by atoms with van der Waals surface area (Å²) in [5, 5.41) is 0. The second-order valence-electron chi connectivity index (χ2n) is 5.76. The van der Waals surface area contributed by atoms with Crippen LogP contribution >= 0.6 is 0 Å². The van der Waals surface area contributed by atoms with Crippen LogP contribution in [0.15, 0.2) is 53.7 Å². The fraction of sp³-hybridized carbons (Fsp3) is 0.375. The smallest absolute Gasteiger partial charge is 0.182 e. The molecule has 1 aromatic rings. The maximum Gasteiger partial charge on any atom is 0.182 e. The van der Waals surface area contributed by atoms with Gasteiger partial charge in [0, 0.05) is 0 Å². The van der Waals surface area contributed by atoms with Crippen LogP contribution in [0.1, 0.15) is 26.3 Å². The zero-order chi connectivity index (χ0) is 15.4. The van der Waals surface area contributed by atoms with E-state index in [1.165, 1.54) is 6.26 Å². The second kappa shape index (κ2) is 6.27. The van der Waals surface area contributed by atoms with Gasteiger partial charge in [-0.2, -0.15) is 0 Å². The van der Waals surface area contributed by atoms with Crippen LogP contribution in [0.2, 0.25) is 0 Å². The lowest BCUT2D eigenvalue weighted by Crippen LogP contribution is -2.15. The van der Waals surface area contributed by atoms with Gasteiger partial charge in [-0.1, -0.05) is 24.3 Å². The van der Waals surface area contributed by atoms with Gasteiger partial charge in [0.25, 0.3) is 0 Å². The van der Waals surface area contributed by atoms with Crippen molar-refractivity contribution >= 4 is 9.84 Å². The first-order valence-corrected chi connectivity index (χ1v) is 8.07. The maximum atomic E-state index is 12.2. The Morgan fingerprint density at radius 3 is 2.30 bits per heavy atom. The Labute approximate surface area is 121 Å². The van der Waals surface area contributed by atoms with Gasteiger partial charge in [0.2, 0.25) is 0 Å². The number of hydrogen-bond acceptors (Lipinski definition) is 3. The summed E-state index contributed by atoms with van der Waals surface area (Å²) < 4.78 is 29.8. The lowest BCUT2D eigenvalue weighted by Gasteiger charge is -2.17. The summed E-state index contributed by atoms with van der Waals surface area (Å²) in [6.07, 6.45) is 3.09. The van der Waals surface area contributed by atoms with Crippen molar-refractivity contribution < 1.29 is 13.2 Å². The van der Waals surface area contributed by atoms with E-state index in [-0.39, 0.29) is 11.4 Å². The van der Waals surface area contributed by atoms with E-state index in [1.54, 1.807) is 30.3 Å². The van der Waals surface area contributed by atoms with Gasteiger partial charge in [-0.15, -0.1) is 0 Å². The van der Waals surface area contributed by atoms with Gasteiger partial charge < -0.3 is 4.74 Å². The van der Waals surface area contributed by atoms with Gasteiger partial charge in [-0.05, 0) is 51.5 Å². The Hall–Kier alpha value is -1.55. The highest BCUT2D eigenvalue weighted by molar-refractivity contribution is 7.91. The van der Waals surface area contributed by atoms with E-state index in [4.69, 9.17) is 4.74 Å². The first kappa shape index (κ1) is 16.5. The summed E-state index contributed by atoms with van der Waals surface area (Å²) >= 11 is 0. The number of rotatable bonds is 5. The number of allylic oxidation sites excluding steroid dienone is 1. The SMILES string of the molecule is C=C(/C=C/OC(C)(C)C)CS(=O)(=O)c1ccc(C)cc1. The van der Waals surface area contributed by atoms with E-state index in [0.717, 1.165) is 5.56 Å². The number of hydrogen-bond donors (Lipinski definition) is 0. The molecule has 0 aliphatic rings. The highest BCUT2D eigenvalue weighted by Gasteiger charge is 2.15. The van der Waals surface area contributed by atoms with Crippen LogP contribution in [0, 0.1) is 6.92 Å². The van der Waals surface area contributed by atoms with Crippen LogP contribution in [0.4, 0.5) is 0 Å². The highest BCUT2D eigenvalue weighted by Crippen LogP contribution is 2.15. The van der Waals surface area contributed by atoms with Crippen molar-refractivity contribution in [2.45, 2.75) is 38.2 Å². The molecule has 110 valence electrons. The number of benzene rings is 1. The van der Waals surface area contributed by atoms with Crippen molar-refractivity contribution in [1.82, 2.24) is 0 Å². The van der Waals surface area contributed by atoms with Crippen molar-refractivity contribution in [3.63, 3.8) is 0 Å². The standard InChI is InChI=1S/C16H22O3S/c1-13-6-8-15(9-7-13)20(17,18)12-14(2)10-11-19-16(3,4)5/h6-11H,2,12H2,1,3-5H3/b11-10+. The minimum absolute atomic E-state index is 0.111. The Morgan fingerprint density at radius 2 is 1.80 bits per heavy atom. The van der Waals surface area contributed by atoms with Gasteiger partial charge >= 0.3 is 0 Å². The molecule has 0 fully saturated rings. The normalized spacial score (nSPS) is 12.6. The molecule has 0 saturated heterocycles. The molecule has 0 heterocycles. The average Bonchev–Trinajstić information content (AvgIpc) is 2.26. The van der Waals surface area contributed by atoms with E-state index in [2.05, 4.69) is 6.58 Å². The van der Waals surface area contributed by atoms with Crippen molar-refractivity contribution in [2.75, 3.05) is 5.75 Å².